The van der Waals surface area contributed by atoms with Crippen LogP contribution in [0.15, 0.2) is 36.4 Å². The molecule has 0 unspecified atom stereocenters. The summed E-state index contributed by atoms with van der Waals surface area (Å²) >= 11 is 0. The Bertz CT molecular complexity index is 587. The Hall–Kier alpha value is -2.01. The van der Waals surface area contributed by atoms with E-state index in [0.717, 1.165) is 12.1 Å². The molecule has 0 amide bonds. The van der Waals surface area contributed by atoms with Crippen molar-refractivity contribution in [2.24, 2.45) is 0 Å². The molecule has 2 rings (SSSR count). The van der Waals surface area contributed by atoms with E-state index in [0.29, 0.717) is 12.1 Å². The molecule has 0 heterocycles. The summed E-state index contributed by atoms with van der Waals surface area (Å²) in [5.41, 5.74) is 0.590. The Morgan fingerprint density at radius 2 is 1.79 bits per heavy atom. The minimum absolute atomic E-state index is 0.00265. The van der Waals surface area contributed by atoms with Crippen LogP contribution in [0.3, 0.4) is 0 Å². The van der Waals surface area contributed by atoms with Gasteiger partial charge in [-0.3, -0.25) is 0 Å². The molecule has 0 saturated heterocycles. The van der Waals surface area contributed by atoms with Gasteiger partial charge in [0.1, 0.15) is 5.75 Å². The lowest BCUT2D eigenvalue weighted by atomic mass is 10.2. The molecule has 0 fully saturated rings. The summed E-state index contributed by atoms with van der Waals surface area (Å²) in [6.45, 7) is 0.400. The Morgan fingerprint density at radius 1 is 1.00 bits per heavy atom. The zero-order valence-electron chi connectivity index (χ0n) is 10.2. The van der Waals surface area contributed by atoms with Crippen LogP contribution in [0.1, 0.15) is 5.56 Å². The summed E-state index contributed by atoms with van der Waals surface area (Å²) in [6, 6.07) is 7.55. The van der Waals surface area contributed by atoms with Gasteiger partial charge < -0.3 is 10.1 Å². The number of hydrogen-bond acceptors (Lipinski definition) is 2. The quantitative estimate of drug-likeness (QED) is 0.913. The monoisotopic (exact) mass is 267 g/mol. The van der Waals surface area contributed by atoms with E-state index in [2.05, 4.69) is 5.32 Å². The number of halogens is 3. The molecule has 100 valence electrons. The topological polar surface area (TPSA) is 21.3 Å². The van der Waals surface area contributed by atoms with Crippen LogP contribution < -0.4 is 10.1 Å². The highest BCUT2D eigenvalue weighted by molar-refractivity contribution is 5.39. The van der Waals surface area contributed by atoms with Crippen molar-refractivity contribution >= 4 is 0 Å². The van der Waals surface area contributed by atoms with Crippen molar-refractivity contribution in [3.05, 3.63) is 59.4 Å². The zero-order valence-corrected chi connectivity index (χ0v) is 10.2. The van der Waals surface area contributed by atoms with Crippen LogP contribution in [0.5, 0.6) is 11.5 Å². The van der Waals surface area contributed by atoms with E-state index in [1.54, 1.807) is 19.2 Å². The van der Waals surface area contributed by atoms with E-state index in [9.17, 15) is 13.2 Å². The van der Waals surface area contributed by atoms with Gasteiger partial charge in [-0.25, -0.2) is 13.2 Å². The molecule has 2 nitrogen and oxygen atoms in total. The van der Waals surface area contributed by atoms with Gasteiger partial charge in [0.15, 0.2) is 23.2 Å². The summed E-state index contributed by atoms with van der Waals surface area (Å²) in [5, 5.41) is 2.88. The second-order valence-electron chi connectivity index (χ2n) is 3.94. The maximum absolute atomic E-state index is 13.7. The third-order valence-corrected chi connectivity index (χ3v) is 2.53. The summed E-state index contributed by atoms with van der Waals surface area (Å²) < 4.78 is 44.9. The van der Waals surface area contributed by atoms with Gasteiger partial charge in [-0.15, -0.1) is 0 Å². The highest BCUT2D eigenvalue weighted by atomic mass is 19.2. The van der Waals surface area contributed by atoms with Gasteiger partial charge in [-0.05, 0) is 25.2 Å². The van der Waals surface area contributed by atoms with E-state index < -0.39 is 17.5 Å². The van der Waals surface area contributed by atoms with Crippen LogP contribution in [-0.2, 0) is 6.54 Å². The lowest BCUT2D eigenvalue weighted by Gasteiger charge is -2.12. The van der Waals surface area contributed by atoms with Crippen molar-refractivity contribution in [3.63, 3.8) is 0 Å². The first-order valence-corrected chi connectivity index (χ1v) is 5.66. The van der Waals surface area contributed by atoms with Crippen molar-refractivity contribution in [1.29, 1.82) is 0 Å². The summed E-state index contributed by atoms with van der Waals surface area (Å²) in [5.74, 6) is -2.53. The summed E-state index contributed by atoms with van der Waals surface area (Å²) in [6.07, 6.45) is 0. The zero-order chi connectivity index (χ0) is 13.8. The highest BCUT2D eigenvalue weighted by Crippen LogP contribution is 2.29. The first-order valence-electron chi connectivity index (χ1n) is 5.66. The predicted octanol–water partition coefficient (Wildman–Crippen LogP) is 3.62. The Balaban J connectivity index is 2.34. The molecule has 5 heteroatoms. The van der Waals surface area contributed by atoms with E-state index in [1.807, 2.05) is 0 Å². The number of rotatable bonds is 4. The van der Waals surface area contributed by atoms with Gasteiger partial charge in [0.2, 0.25) is 0 Å². The van der Waals surface area contributed by atoms with Gasteiger partial charge >= 0.3 is 0 Å². The lowest BCUT2D eigenvalue weighted by molar-refractivity contribution is 0.426. The van der Waals surface area contributed by atoms with E-state index >= 15 is 0 Å². The molecule has 0 bridgehead atoms. The number of para-hydroxylation sites is 1. The van der Waals surface area contributed by atoms with E-state index in [-0.39, 0.29) is 11.5 Å². The molecule has 2 aromatic rings. The van der Waals surface area contributed by atoms with E-state index in [4.69, 9.17) is 4.74 Å². The molecule has 1 N–H and O–H groups in total. The molecule has 0 aliphatic heterocycles. The van der Waals surface area contributed by atoms with Gasteiger partial charge in [0, 0.05) is 18.2 Å². The number of benzene rings is 2. The molecule has 0 aliphatic carbocycles. The smallest absolute Gasteiger partial charge is 0.167 e. The molecular weight excluding hydrogens is 255 g/mol. The second-order valence-corrected chi connectivity index (χ2v) is 3.94. The molecule has 2 aromatic carbocycles. The lowest BCUT2D eigenvalue weighted by Crippen LogP contribution is -2.07. The molecule has 19 heavy (non-hydrogen) atoms. The van der Waals surface area contributed by atoms with Crippen LogP contribution in [0, 0.1) is 17.5 Å². The highest BCUT2D eigenvalue weighted by Gasteiger charge is 2.12. The van der Waals surface area contributed by atoms with E-state index in [1.165, 1.54) is 12.1 Å². The SMILES string of the molecule is CNCc1cccc(F)c1Oc1ccc(F)c(F)c1. The Labute approximate surface area is 108 Å². The molecule has 0 atom stereocenters. The molecule has 0 saturated carbocycles. The average Bonchev–Trinajstić information content (AvgIpc) is 2.38. The standard InChI is InChI=1S/C14H12F3NO/c1-18-8-9-3-2-4-12(16)14(9)19-10-5-6-11(15)13(17)7-10/h2-7,18H,8H2,1H3. The van der Waals surface area contributed by atoms with Gasteiger partial charge in [-0.1, -0.05) is 12.1 Å². The van der Waals surface area contributed by atoms with Crippen LogP contribution in [0.4, 0.5) is 13.2 Å². The first-order chi connectivity index (χ1) is 9.11. The summed E-state index contributed by atoms with van der Waals surface area (Å²) in [4.78, 5) is 0. The van der Waals surface area contributed by atoms with Crippen molar-refractivity contribution < 1.29 is 17.9 Å². The molecule has 0 aliphatic rings. The Kier molecular flexibility index (Phi) is 4.06. The molecule has 0 radical (unpaired) electrons. The normalized spacial score (nSPS) is 10.5. The van der Waals surface area contributed by atoms with Crippen molar-refractivity contribution in [3.8, 4) is 11.5 Å². The third kappa shape index (κ3) is 3.06. The predicted molar refractivity (Wildman–Crippen MR) is 65.6 cm³/mol. The van der Waals surface area contributed by atoms with Crippen LogP contribution >= 0.6 is 0 Å². The van der Waals surface area contributed by atoms with Crippen LogP contribution in [-0.4, -0.2) is 7.05 Å². The van der Waals surface area contributed by atoms with Gasteiger partial charge in [-0.2, -0.15) is 0 Å². The number of hydrogen-bond donors (Lipinski definition) is 1. The van der Waals surface area contributed by atoms with Gasteiger partial charge in [0.25, 0.3) is 0 Å². The largest absolute Gasteiger partial charge is 0.454 e. The van der Waals surface area contributed by atoms with Crippen molar-refractivity contribution in [1.82, 2.24) is 5.32 Å². The summed E-state index contributed by atoms with van der Waals surface area (Å²) in [7, 11) is 1.71. The minimum atomic E-state index is -1.04. The molecular formula is C14H12F3NO. The first kappa shape index (κ1) is 13.4. The van der Waals surface area contributed by atoms with Crippen LogP contribution in [0.25, 0.3) is 0 Å². The fraction of sp³-hybridized carbons (Fsp3) is 0.143. The maximum Gasteiger partial charge on any atom is 0.167 e. The third-order valence-electron chi connectivity index (χ3n) is 2.53. The number of nitrogens with one attached hydrogen (secondary N) is 1. The number of ether oxygens (including phenoxy) is 1. The minimum Gasteiger partial charge on any atom is -0.454 e. The Morgan fingerprint density at radius 3 is 2.47 bits per heavy atom. The van der Waals surface area contributed by atoms with Crippen molar-refractivity contribution in [2.75, 3.05) is 7.05 Å². The molecule has 0 aromatic heterocycles. The maximum atomic E-state index is 13.7. The fourth-order valence-electron chi connectivity index (χ4n) is 1.66. The fourth-order valence-corrected chi connectivity index (χ4v) is 1.66. The van der Waals surface area contributed by atoms with Crippen LogP contribution in [0.2, 0.25) is 0 Å². The van der Waals surface area contributed by atoms with Crippen molar-refractivity contribution in [2.45, 2.75) is 6.54 Å². The molecule has 0 spiro atoms. The second kappa shape index (κ2) is 5.75. The average molecular weight is 267 g/mol. The van der Waals surface area contributed by atoms with Gasteiger partial charge in [0.05, 0.1) is 0 Å².